The van der Waals surface area contributed by atoms with Crippen molar-refractivity contribution in [1.29, 1.82) is 0 Å². The Morgan fingerprint density at radius 2 is 1.82 bits per heavy atom. The Balaban J connectivity index is 2.85. The molecule has 0 spiro atoms. The average molecular weight is 404 g/mol. The van der Waals surface area contributed by atoms with Crippen molar-refractivity contribution in [2.75, 3.05) is 19.5 Å². The molecule has 0 aromatic carbocycles. The molecule has 0 unspecified atom stereocenters. The fraction of sp³-hybridized carbons (Fsp3) is 0.400. The molecule has 2 rings (SSSR count). The lowest BCUT2D eigenvalue weighted by Crippen LogP contribution is -2.20. The molecule has 0 aliphatic carbocycles. The molecule has 1 N–H and O–H groups in total. The van der Waals surface area contributed by atoms with Gasteiger partial charge in [-0.05, 0) is 40.0 Å². The number of aromatic nitrogens is 2. The third-order valence-electron chi connectivity index (χ3n) is 3.87. The summed E-state index contributed by atoms with van der Waals surface area (Å²) in [6, 6.07) is 3.53. The maximum absolute atomic E-state index is 12.9. The van der Waals surface area contributed by atoms with Gasteiger partial charge in [-0.15, -0.1) is 11.8 Å². The fourth-order valence-corrected chi connectivity index (χ4v) is 3.40. The molecular formula is C20H24N2O5S. The van der Waals surface area contributed by atoms with E-state index >= 15 is 0 Å². The van der Waals surface area contributed by atoms with E-state index in [4.69, 9.17) is 14.6 Å². The van der Waals surface area contributed by atoms with Gasteiger partial charge in [-0.25, -0.2) is 14.6 Å². The van der Waals surface area contributed by atoms with Crippen LogP contribution < -0.4 is 0 Å². The second-order valence-electron chi connectivity index (χ2n) is 6.28. The van der Waals surface area contributed by atoms with Crippen molar-refractivity contribution in [3.63, 3.8) is 0 Å². The number of hydrogen-bond acceptors (Lipinski definition) is 8. The van der Waals surface area contributed by atoms with Crippen LogP contribution in [-0.4, -0.2) is 52.6 Å². The summed E-state index contributed by atoms with van der Waals surface area (Å²) < 4.78 is 10.6. The first-order valence-corrected chi connectivity index (χ1v) is 10.0. The van der Waals surface area contributed by atoms with Gasteiger partial charge in [-0.2, -0.15) is 0 Å². The predicted octanol–water partition coefficient (Wildman–Crippen LogP) is 3.20. The average Bonchev–Trinajstić information content (AvgIpc) is 2.64. The highest BCUT2D eigenvalue weighted by Crippen LogP contribution is 2.36. The van der Waals surface area contributed by atoms with Crippen LogP contribution in [0.1, 0.15) is 46.0 Å². The maximum Gasteiger partial charge on any atom is 0.340 e. The summed E-state index contributed by atoms with van der Waals surface area (Å²) in [6.45, 7) is 6.43. The summed E-state index contributed by atoms with van der Waals surface area (Å²) in [6.07, 6.45) is 3.18. The molecule has 0 fully saturated rings. The van der Waals surface area contributed by atoms with Gasteiger partial charge in [0.25, 0.3) is 0 Å². The van der Waals surface area contributed by atoms with Crippen LogP contribution in [-0.2, 0) is 9.47 Å². The molecule has 2 aromatic heterocycles. The van der Waals surface area contributed by atoms with E-state index in [1.807, 2.05) is 6.26 Å². The topological polar surface area (TPSA) is 98.6 Å². The zero-order valence-electron chi connectivity index (χ0n) is 16.6. The molecular weight excluding hydrogens is 380 g/mol. The Morgan fingerprint density at radius 3 is 2.39 bits per heavy atom. The summed E-state index contributed by atoms with van der Waals surface area (Å²) in [4.78, 5) is 34.4. The van der Waals surface area contributed by atoms with Crippen molar-refractivity contribution in [2.24, 2.45) is 0 Å². The number of rotatable bonds is 7. The Labute approximate surface area is 168 Å². The van der Waals surface area contributed by atoms with Crippen molar-refractivity contribution in [2.45, 2.75) is 38.8 Å². The quantitative estimate of drug-likeness (QED) is 0.555. The minimum atomic E-state index is -0.663. The summed E-state index contributed by atoms with van der Waals surface area (Å²) in [5.74, 6) is -1.23. The van der Waals surface area contributed by atoms with Crippen LogP contribution in [0.25, 0.3) is 11.1 Å². The lowest BCUT2D eigenvalue weighted by atomic mass is 9.93. The predicted molar refractivity (Wildman–Crippen MR) is 107 cm³/mol. The van der Waals surface area contributed by atoms with Crippen molar-refractivity contribution in [3.8, 4) is 11.1 Å². The Kier molecular flexibility index (Phi) is 7.53. The van der Waals surface area contributed by atoms with Crippen molar-refractivity contribution >= 4 is 23.7 Å². The molecule has 0 bridgehead atoms. The van der Waals surface area contributed by atoms with Crippen LogP contribution >= 0.6 is 11.8 Å². The summed E-state index contributed by atoms with van der Waals surface area (Å²) in [5, 5.41) is 9.66. The van der Waals surface area contributed by atoms with Crippen molar-refractivity contribution < 1.29 is 24.2 Å². The summed E-state index contributed by atoms with van der Waals surface area (Å²) >= 11 is 1.40. The Bertz CT molecular complexity index is 883. The molecule has 0 saturated carbocycles. The lowest BCUT2D eigenvalue weighted by molar-refractivity contribution is 0.0377. The smallest absolute Gasteiger partial charge is 0.340 e. The number of aliphatic hydroxyl groups is 1. The minimum Gasteiger partial charge on any atom is -0.460 e. The van der Waals surface area contributed by atoms with Crippen LogP contribution in [0, 0.1) is 13.8 Å². The summed E-state index contributed by atoms with van der Waals surface area (Å²) in [7, 11) is 0. The first kappa shape index (κ1) is 21.8. The first-order valence-electron chi connectivity index (χ1n) is 8.81. The standard InChI is InChI=1S/C20H24N2O5S/c1-11(2)27-20(25)16-13(4)22-12(3)15(19(24)26-10-9-23)17(16)14-7-6-8-21-18(14)28-5/h6-8,11,23H,9-10H2,1-5H3. The number of carbonyl (C=O) groups excluding carboxylic acids is 2. The van der Waals surface area contributed by atoms with E-state index in [1.165, 1.54) is 11.8 Å². The van der Waals surface area contributed by atoms with E-state index in [9.17, 15) is 9.59 Å². The van der Waals surface area contributed by atoms with Crippen LogP contribution in [0.3, 0.4) is 0 Å². The van der Waals surface area contributed by atoms with Crippen LogP contribution in [0.15, 0.2) is 23.4 Å². The van der Waals surface area contributed by atoms with Crippen LogP contribution in [0.2, 0.25) is 0 Å². The number of esters is 2. The number of nitrogens with zero attached hydrogens (tertiary/aromatic N) is 2. The van der Waals surface area contributed by atoms with E-state index in [2.05, 4.69) is 9.97 Å². The fourth-order valence-electron chi connectivity index (χ4n) is 2.85. The molecule has 0 saturated heterocycles. The Morgan fingerprint density at radius 1 is 1.18 bits per heavy atom. The largest absolute Gasteiger partial charge is 0.460 e. The number of hydrogen-bond donors (Lipinski definition) is 1. The minimum absolute atomic E-state index is 0.153. The SMILES string of the molecule is CSc1ncccc1-c1c(C(=O)OCCO)c(C)nc(C)c1C(=O)OC(C)C. The monoisotopic (exact) mass is 404 g/mol. The molecule has 0 radical (unpaired) electrons. The second-order valence-corrected chi connectivity index (χ2v) is 7.08. The number of thioether (sulfide) groups is 1. The van der Waals surface area contributed by atoms with E-state index in [1.54, 1.807) is 46.0 Å². The van der Waals surface area contributed by atoms with Gasteiger partial charge < -0.3 is 14.6 Å². The van der Waals surface area contributed by atoms with Crippen LogP contribution in [0.4, 0.5) is 0 Å². The Hall–Kier alpha value is -2.45. The zero-order valence-corrected chi connectivity index (χ0v) is 17.4. The van der Waals surface area contributed by atoms with Gasteiger partial charge >= 0.3 is 11.9 Å². The van der Waals surface area contributed by atoms with Crippen molar-refractivity contribution in [1.82, 2.24) is 9.97 Å². The molecule has 7 nitrogen and oxygen atoms in total. The maximum atomic E-state index is 12.9. The van der Waals surface area contributed by atoms with Gasteiger partial charge in [-0.3, -0.25) is 4.98 Å². The van der Waals surface area contributed by atoms with Crippen molar-refractivity contribution in [3.05, 3.63) is 40.8 Å². The van der Waals surface area contributed by atoms with Gasteiger partial charge in [0.05, 0.1) is 35.2 Å². The van der Waals surface area contributed by atoms with E-state index < -0.39 is 11.9 Å². The van der Waals surface area contributed by atoms with E-state index in [0.717, 1.165) is 0 Å². The number of aliphatic hydroxyl groups excluding tert-OH is 1. The van der Waals surface area contributed by atoms with Gasteiger partial charge in [0.15, 0.2) is 0 Å². The normalized spacial score (nSPS) is 10.8. The van der Waals surface area contributed by atoms with E-state index in [0.29, 0.717) is 27.5 Å². The number of pyridine rings is 2. The molecule has 2 aromatic rings. The zero-order chi connectivity index (χ0) is 20.8. The highest BCUT2D eigenvalue weighted by molar-refractivity contribution is 7.98. The molecule has 28 heavy (non-hydrogen) atoms. The van der Waals surface area contributed by atoms with Crippen LogP contribution in [0.5, 0.6) is 0 Å². The second kappa shape index (κ2) is 9.66. The lowest BCUT2D eigenvalue weighted by Gasteiger charge is -2.19. The highest BCUT2D eigenvalue weighted by atomic mass is 32.2. The molecule has 0 amide bonds. The first-order chi connectivity index (χ1) is 13.3. The third-order valence-corrected chi connectivity index (χ3v) is 4.58. The molecule has 2 heterocycles. The molecule has 8 heteroatoms. The highest BCUT2D eigenvalue weighted by Gasteiger charge is 2.29. The molecule has 0 aliphatic heterocycles. The number of ether oxygens (including phenoxy) is 2. The number of carbonyl (C=O) groups is 2. The van der Waals surface area contributed by atoms with E-state index in [-0.39, 0.29) is 30.4 Å². The van der Waals surface area contributed by atoms with Gasteiger partial charge in [0.1, 0.15) is 11.6 Å². The molecule has 0 aliphatic rings. The summed E-state index contributed by atoms with van der Waals surface area (Å²) in [5.41, 5.74) is 2.25. The number of aryl methyl sites for hydroxylation is 2. The molecule has 150 valence electrons. The van der Waals surface area contributed by atoms with Gasteiger partial charge in [0.2, 0.25) is 0 Å². The molecule has 0 atom stereocenters. The van der Waals surface area contributed by atoms with Gasteiger partial charge in [0, 0.05) is 17.3 Å². The third kappa shape index (κ3) is 4.69. The van der Waals surface area contributed by atoms with Gasteiger partial charge in [-0.1, -0.05) is 6.07 Å².